The van der Waals surface area contributed by atoms with Gasteiger partial charge < -0.3 is 24.8 Å². The zero-order valence-corrected chi connectivity index (χ0v) is 22.4. The molecule has 2 aliphatic carbocycles. The number of ether oxygens (including phenoxy) is 2. The van der Waals surface area contributed by atoms with Crippen LogP contribution in [0.2, 0.25) is 0 Å². The van der Waals surface area contributed by atoms with Crippen molar-refractivity contribution in [2.24, 2.45) is 29.6 Å². The van der Waals surface area contributed by atoms with E-state index in [9.17, 15) is 39.0 Å². The number of phenolic OH excluding ortho intramolecular Hbond substituents is 1. The zero-order valence-electron chi connectivity index (χ0n) is 22.4. The van der Waals surface area contributed by atoms with Crippen LogP contribution in [0.25, 0.3) is 0 Å². The Hall–Kier alpha value is -4.42. The first-order valence-corrected chi connectivity index (χ1v) is 13.3. The SMILES string of the molecule is COc1cc(O)cc(OC)c1C1C2=CCC3C(=O)N(CCC(=O)O)C(=O)C3C2CC2C(=O)N(CCC(=O)O)C(=O)C21. The van der Waals surface area contributed by atoms with Gasteiger partial charge in [0.1, 0.15) is 17.2 Å². The van der Waals surface area contributed by atoms with Crippen molar-refractivity contribution in [1.82, 2.24) is 9.80 Å². The van der Waals surface area contributed by atoms with E-state index in [4.69, 9.17) is 14.6 Å². The smallest absolute Gasteiger partial charge is 0.305 e. The van der Waals surface area contributed by atoms with Crippen molar-refractivity contribution in [1.29, 1.82) is 0 Å². The molecule has 6 unspecified atom stereocenters. The van der Waals surface area contributed by atoms with Gasteiger partial charge in [0.05, 0.1) is 50.7 Å². The molecule has 13 nitrogen and oxygen atoms in total. The molecule has 4 amide bonds. The minimum absolute atomic E-state index is 0.0802. The molecule has 41 heavy (non-hydrogen) atoms. The second-order valence-corrected chi connectivity index (χ2v) is 10.7. The third kappa shape index (κ3) is 4.49. The minimum Gasteiger partial charge on any atom is -0.508 e. The standard InChI is InChI=1S/C28H30N2O11/c1-40-17-9-12(31)10-18(41-2)24(17)22-13-3-4-14-21(27(38)29(25(14)36)7-5-19(32)33)15(13)11-16-23(22)28(39)30(26(16)37)8-6-20(34)35/h3,9-10,14-16,21-23,31H,4-8,11H2,1-2H3,(H,32,33)(H,34,35). The molecule has 2 saturated heterocycles. The number of rotatable bonds is 9. The number of nitrogens with zero attached hydrogens (tertiary/aromatic N) is 2. The highest BCUT2D eigenvalue weighted by Gasteiger charge is 2.62. The highest BCUT2D eigenvalue weighted by molar-refractivity contribution is 6.08. The number of carboxylic acids is 2. The lowest BCUT2D eigenvalue weighted by Gasteiger charge is -2.44. The second kappa shape index (κ2) is 10.5. The first-order valence-electron chi connectivity index (χ1n) is 13.3. The molecule has 1 saturated carbocycles. The molecule has 0 bridgehead atoms. The first-order chi connectivity index (χ1) is 19.5. The number of imide groups is 2. The van der Waals surface area contributed by atoms with Crippen LogP contribution in [0.4, 0.5) is 0 Å². The second-order valence-electron chi connectivity index (χ2n) is 10.7. The van der Waals surface area contributed by atoms with Gasteiger partial charge in [0.15, 0.2) is 0 Å². The van der Waals surface area contributed by atoms with Crippen molar-refractivity contribution < 1.29 is 53.6 Å². The number of likely N-dealkylation sites (tertiary alicyclic amines) is 2. The summed E-state index contributed by atoms with van der Waals surface area (Å²) in [7, 11) is 2.75. The summed E-state index contributed by atoms with van der Waals surface area (Å²) >= 11 is 0. The third-order valence-electron chi connectivity index (χ3n) is 8.77. The summed E-state index contributed by atoms with van der Waals surface area (Å²) in [6.45, 7) is -0.579. The maximum absolute atomic E-state index is 13.8. The summed E-state index contributed by atoms with van der Waals surface area (Å²) < 4.78 is 11.1. The molecule has 3 N–H and O–H groups in total. The normalized spacial score (nSPS) is 28.7. The minimum atomic E-state index is -1.17. The summed E-state index contributed by atoms with van der Waals surface area (Å²) in [6, 6.07) is 2.70. The Morgan fingerprint density at radius 2 is 1.32 bits per heavy atom. The molecule has 0 aromatic heterocycles. The number of aromatic hydroxyl groups is 1. The third-order valence-corrected chi connectivity index (χ3v) is 8.77. The van der Waals surface area contributed by atoms with E-state index in [1.54, 1.807) is 0 Å². The number of hydrogen-bond acceptors (Lipinski definition) is 9. The molecule has 3 fully saturated rings. The molecule has 2 heterocycles. The monoisotopic (exact) mass is 570 g/mol. The Morgan fingerprint density at radius 3 is 1.83 bits per heavy atom. The fraction of sp³-hybridized carbons (Fsp3) is 0.500. The van der Waals surface area contributed by atoms with Gasteiger partial charge in [-0.25, -0.2) is 0 Å². The van der Waals surface area contributed by atoms with E-state index in [0.29, 0.717) is 11.1 Å². The van der Waals surface area contributed by atoms with Crippen molar-refractivity contribution in [2.75, 3.05) is 27.3 Å². The van der Waals surface area contributed by atoms with Gasteiger partial charge in [-0.3, -0.25) is 38.6 Å². The van der Waals surface area contributed by atoms with Crippen LogP contribution in [0.3, 0.4) is 0 Å². The van der Waals surface area contributed by atoms with E-state index in [2.05, 4.69) is 0 Å². The highest BCUT2D eigenvalue weighted by atomic mass is 16.5. The number of fused-ring (bicyclic) bond motifs is 4. The van der Waals surface area contributed by atoms with Gasteiger partial charge in [-0.05, 0) is 18.8 Å². The Kier molecular flexibility index (Phi) is 7.22. The van der Waals surface area contributed by atoms with E-state index >= 15 is 0 Å². The van der Waals surface area contributed by atoms with Crippen LogP contribution in [-0.2, 0) is 28.8 Å². The average Bonchev–Trinajstić information content (AvgIpc) is 3.32. The molecule has 6 atom stereocenters. The Labute approximate surface area is 234 Å². The maximum Gasteiger partial charge on any atom is 0.305 e. The maximum atomic E-state index is 13.8. The summed E-state index contributed by atoms with van der Waals surface area (Å²) in [6.07, 6.45) is 1.23. The van der Waals surface area contributed by atoms with Crippen molar-refractivity contribution in [3.8, 4) is 17.2 Å². The van der Waals surface area contributed by atoms with E-state index in [1.807, 2.05) is 6.08 Å². The van der Waals surface area contributed by atoms with Gasteiger partial charge in [0.2, 0.25) is 23.6 Å². The van der Waals surface area contributed by atoms with Crippen LogP contribution in [-0.4, -0.2) is 88.0 Å². The van der Waals surface area contributed by atoms with E-state index in [-0.39, 0.29) is 43.2 Å². The molecule has 5 rings (SSSR count). The lowest BCUT2D eigenvalue weighted by molar-refractivity contribution is -0.145. The first kappa shape index (κ1) is 28.1. The summed E-state index contributed by atoms with van der Waals surface area (Å²) in [5.74, 6) is -9.13. The number of allylic oxidation sites excluding steroid dienone is 2. The van der Waals surface area contributed by atoms with E-state index < -0.39 is 83.9 Å². The lowest BCUT2D eigenvalue weighted by atomic mass is 9.57. The largest absolute Gasteiger partial charge is 0.508 e. The fourth-order valence-electron chi connectivity index (χ4n) is 7.13. The van der Waals surface area contributed by atoms with E-state index in [1.165, 1.54) is 26.4 Å². The molecule has 1 aromatic carbocycles. The van der Waals surface area contributed by atoms with Gasteiger partial charge in [-0.15, -0.1) is 0 Å². The molecule has 0 radical (unpaired) electrons. The number of benzene rings is 1. The van der Waals surface area contributed by atoms with Crippen LogP contribution in [0.15, 0.2) is 23.8 Å². The summed E-state index contributed by atoms with van der Waals surface area (Å²) in [5.41, 5.74) is 1.04. The van der Waals surface area contributed by atoms with Gasteiger partial charge in [0, 0.05) is 36.7 Å². The molecule has 13 heteroatoms. The molecule has 218 valence electrons. The van der Waals surface area contributed by atoms with Crippen molar-refractivity contribution in [3.05, 3.63) is 29.3 Å². The quantitative estimate of drug-likeness (QED) is 0.284. The molecule has 2 aliphatic heterocycles. The van der Waals surface area contributed by atoms with Gasteiger partial charge in [-0.1, -0.05) is 11.6 Å². The van der Waals surface area contributed by atoms with Gasteiger partial charge in [0.25, 0.3) is 0 Å². The number of phenols is 1. The van der Waals surface area contributed by atoms with E-state index in [0.717, 1.165) is 9.80 Å². The molecular formula is C28H30N2O11. The van der Waals surface area contributed by atoms with Gasteiger partial charge >= 0.3 is 11.9 Å². The lowest BCUT2D eigenvalue weighted by Crippen LogP contribution is -2.43. The van der Waals surface area contributed by atoms with Gasteiger partial charge in [-0.2, -0.15) is 0 Å². The number of methoxy groups -OCH3 is 2. The number of carboxylic acid groups (broad SMARTS) is 2. The number of carbonyl (C=O) groups is 6. The fourth-order valence-corrected chi connectivity index (χ4v) is 7.13. The number of amides is 4. The number of aliphatic carboxylic acids is 2. The number of hydrogen-bond donors (Lipinski definition) is 3. The van der Waals surface area contributed by atoms with Crippen LogP contribution in [0.1, 0.15) is 37.2 Å². The summed E-state index contributed by atoms with van der Waals surface area (Å²) in [5, 5.41) is 28.6. The highest BCUT2D eigenvalue weighted by Crippen LogP contribution is 2.60. The Balaban J connectivity index is 1.64. The average molecular weight is 571 g/mol. The summed E-state index contributed by atoms with van der Waals surface area (Å²) in [4.78, 5) is 78.6. The Bertz CT molecular complexity index is 1360. The van der Waals surface area contributed by atoms with Crippen LogP contribution < -0.4 is 9.47 Å². The molecular weight excluding hydrogens is 540 g/mol. The Morgan fingerprint density at radius 1 is 0.805 bits per heavy atom. The predicted octanol–water partition coefficient (Wildman–Crippen LogP) is 0.995. The molecule has 4 aliphatic rings. The van der Waals surface area contributed by atoms with Crippen molar-refractivity contribution >= 4 is 35.6 Å². The van der Waals surface area contributed by atoms with Crippen molar-refractivity contribution in [2.45, 2.75) is 31.6 Å². The number of carbonyl (C=O) groups excluding carboxylic acids is 4. The predicted molar refractivity (Wildman–Crippen MR) is 137 cm³/mol. The molecule has 1 aromatic rings. The topological polar surface area (TPSA) is 188 Å². The zero-order chi connectivity index (χ0) is 29.7. The van der Waals surface area contributed by atoms with Crippen LogP contribution >= 0.6 is 0 Å². The van der Waals surface area contributed by atoms with Crippen LogP contribution in [0, 0.1) is 29.6 Å². The molecule has 0 spiro atoms. The van der Waals surface area contributed by atoms with Crippen LogP contribution in [0.5, 0.6) is 17.2 Å². The van der Waals surface area contributed by atoms with Crippen molar-refractivity contribution in [3.63, 3.8) is 0 Å².